The molecule has 1 aromatic carbocycles. The number of benzene rings is 1. The Bertz CT molecular complexity index is 598. The third-order valence-corrected chi connectivity index (χ3v) is 3.96. The molecule has 0 bridgehead atoms. The lowest BCUT2D eigenvalue weighted by Crippen LogP contribution is -2.25. The number of hydrogen-bond donors (Lipinski definition) is 1. The number of hydrogen-bond acceptors (Lipinski definition) is 2. The number of nitrogens with zero attached hydrogens (tertiary/aromatic N) is 2. The van der Waals surface area contributed by atoms with Gasteiger partial charge in [0.25, 0.3) is 0 Å². The summed E-state index contributed by atoms with van der Waals surface area (Å²) in [5.41, 5.74) is 5.26. The molecule has 1 unspecified atom stereocenters. The average molecular weight is 255 g/mol. The molecule has 1 aliphatic rings. The average Bonchev–Trinajstić information content (AvgIpc) is 2.84. The first-order chi connectivity index (χ1) is 9.19. The van der Waals surface area contributed by atoms with Gasteiger partial charge >= 0.3 is 0 Å². The van der Waals surface area contributed by atoms with E-state index in [1.807, 2.05) is 0 Å². The fraction of sp³-hybridized carbons (Fsp3) is 0.438. The minimum Gasteiger partial charge on any atom is -0.370 e. The van der Waals surface area contributed by atoms with E-state index in [4.69, 9.17) is 5.10 Å². The number of nitrogens with one attached hydrogen (secondary N) is 1. The third kappa shape index (κ3) is 2.14. The maximum Gasteiger partial charge on any atom is 0.125 e. The van der Waals surface area contributed by atoms with Gasteiger partial charge in [-0.05, 0) is 37.8 Å². The number of aromatic nitrogens is 2. The van der Waals surface area contributed by atoms with Gasteiger partial charge < -0.3 is 5.32 Å². The standard InChI is InChI=1S/C16H21N3/c1-4-13-10-16-17-8-7-15(19(16)18-13)14-9-11(2)5-6-12(14)3/h5-6,9-10,15,17H,4,7-8H2,1-3H3. The minimum absolute atomic E-state index is 0.372. The Labute approximate surface area is 114 Å². The van der Waals surface area contributed by atoms with Crippen molar-refractivity contribution in [3.63, 3.8) is 0 Å². The third-order valence-electron chi connectivity index (χ3n) is 3.96. The second-order valence-corrected chi connectivity index (χ2v) is 5.41. The molecule has 19 heavy (non-hydrogen) atoms. The molecule has 2 aromatic rings. The molecule has 0 fully saturated rings. The van der Waals surface area contributed by atoms with Gasteiger partial charge in [0.1, 0.15) is 5.82 Å². The highest BCUT2D eigenvalue weighted by molar-refractivity contribution is 5.43. The zero-order valence-corrected chi connectivity index (χ0v) is 11.9. The van der Waals surface area contributed by atoms with E-state index in [0.717, 1.165) is 25.2 Å². The highest BCUT2D eigenvalue weighted by atomic mass is 15.4. The van der Waals surface area contributed by atoms with E-state index in [0.29, 0.717) is 6.04 Å². The fourth-order valence-electron chi connectivity index (χ4n) is 2.85. The molecule has 0 aliphatic carbocycles. The van der Waals surface area contributed by atoms with Crippen molar-refractivity contribution in [2.75, 3.05) is 11.9 Å². The first-order valence-corrected chi connectivity index (χ1v) is 7.08. The smallest absolute Gasteiger partial charge is 0.125 e. The predicted molar refractivity (Wildman–Crippen MR) is 78.8 cm³/mol. The highest BCUT2D eigenvalue weighted by Crippen LogP contribution is 2.32. The second-order valence-electron chi connectivity index (χ2n) is 5.41. The number of rotatable bonds is 2. The van der Waals surface area contributed by atoms with Gasteiger partial charge in [-0.3, -0.25) is 0 Å². The number of anilines is 1. The molecular formula is C16H21N3. The van der Waals surface area contributed by atoms with Crippen LogP contribution in [0.25, 0.3) is 0 Å². The molecule has 1 atom stereocenters. The van der Waals surface area contributed by atoms with Crippen molar-refractivity contribution in [1.29, 1.82) is 0 Å². The van der Waals surface area contributed by atoms with E-state index in [9.17, 15) is 0 Å². The zero-order chi connectivity index (χ0) is 13.4. The van der Waals surface area contributed by atoms with E-state index >= 15 is 0 Å². The van der Waals surface area contributed by atoms with E-state index in [2.05, 4.69) is 55.0 Å². The largest absolute Gasteiger partial charge is 0.370 e. The quantitative estimate of drug-likeness (QED) is 0.890. The van der Waals surface area contributed by atoms with E-state index in [1.165, 1.54) is 22.4 Å². The predicted octanol–water partition coefficient (Wildman–Crippen LogP) is 3.47. The normalized spacial score (nSPS) is 17.9. The van der Waals surface area contributed by atoms with Crippen LogP contribution >= 0.6 is 0 Å². The molecule has 0 spiro atoms. The molecular weight excluding hydrogens is 234 g/mol. The van der Waals surface area contributed by atoms with Gasteiger partial charge in [-0.25, -0.2) is 4.68 Å². The van der Waals surface area contributed by atoms with Gasteiger partial charge in [0, 0.05) is 12.6 Å². The van der Waals surface area contributed by atoms with Crippen LogP contribution in [0, 0.1) is 13.8 Å². The second kappa shape index (κ2) is 4.72. The van der Waals surface area contributed by atoms with Crippen molar-refractivity contribution in [3.8, 4) is 0 Å². The Morgan fingerprint density at radius 1 is 1.32 bits per heavy atom. The van der Waals surface area contributed by atoms with Crippen molar-refractivity contribution >= 4 is 5.82 Å². The van der Waals surface area contributed by atoms with Crippen molar-refractivity contribution in [1.82, 2.24) is 9.78 Å². The molecule has 2 heterocycles. The lowest BCUT2D eigenvalue weighted by Gasteiger charge is -2.27. The molecule has 0 amide bonds. The van der Waals surface area contributed by atoms with E-state index < -0.39 is 0 Å². The van der Waals surface area contributed by atoms with Crippen molar-refractivity contribution in [2.45, 2.75) is 39.7 Å². The molecule has 3 nitrogen and oxygen atoms in total. The lowest BCUT2D eigenvalue weighted by atomic mass is 9.96. The van der Waals surface area contributed by atoms with Crippen LogP contribution < -0.4 is 5.32 Å². The van der Waals surface area contributed by atoms with Gasteiger partial charge in [0.05, 0.1) is 11.7 Å². The van der Waals surface area contributed by atoms with Gasteiger partial charge in [0.2, 0.25) is 0 Å². The Kier molecular flexibility index (Phi) is 3.05. The highest BCUT2D eigenvalue weighted by Gasteiger charge is 2.24. The summed E-state index contributed by atoms with van der Waals surface area (Å²) >= 11 is 0. The van der Waals surface area contributed by atoms with Crippen LogP contribution in [-0.4, -0.2) is 16.3 Å². The van der Waals surface area contributed by atoms with Crippen molar-refractivity contribution in [2.24, 2.45) is 0 Å². The Hall–Kier alpha value is -1.77. The van der Waals surface area contributed by atoms with Crippen molar-refractivity contribution in [3.05, 3.63) is 46.6 Å². The maximum atomic E-state index is 4.75. The van der Waals surface area contributed by atoms with Crippen LogP contribution in [0.15, 0.2) is 24.3 Å². The Balaban J connectivity index is 2.07. The summed E-state index contributed by atoms with van der Waals surface area (Å²) in [6, 6.07) is 9.26. The summed E-state index contributed by atoms with van der Waals surface area (Å²) in [7, 11) is 0. The fourth-order valence-corrected chi connectivity index (χ4v) is 2.85. The molecule has 3 rings (SSSR count). The van der Waals surface area contributed by atoms with Crippen LogP contribution in [0.1, 0.15) is 41.8 Å². The molecule has 1 N–H and O–H groups in total. The first-order valence-electron chi connectivity index (χ1n) is 7.08. The summed E-state index contributed by atoms with van der Waals surface area (Å²) in [5.74, 6) is 1.16. The van der Waals surface area contributed by atoms with Gasteiger partial charge in [-0.15, -0.1) is 0 Å². The molecule has 100 valence electrons. The molecule has 1 aromatic heterocycles. The van der Waals surface area contributed by atoms with Gasteiger partial charge in [-0.1, -0.05) is 30.7 Å². The Morgan fingerprint density at radius 2 is 2.16 bits per heavy atom. The SMILES string of the molecule is CCc1cc2n(n1)C(c1cc(C)ccc1C)CCN2. The molecule has 0 saturated carbocycles. The van der Waals surface area contributed by atoms with Gasteiger partial charge in [0.15, 0.2) is 0 Å². The number of aryl methyl sites for hydroxylation is 3. The zero-order valence-electron chi connectivity index (χ0n) is 11.9. The van der Waals surface area contributed by atoms with Crippen LogP contribution in [0.4, 0.5) is 5.82 Å². The van der Waals surface area contributed by atoms with E-state index in [1.54, 1.807) is 0 Å². The summed E-state index contributed by atoms with van der Waals surface area (Å²) < 4.78 is 2.17. The first kappa shape index (κ1) is 12.3. The lowest BCUT2D eigenvalue weighted by molar-refractivity contribution is 0.476. The van der Waals surface area contributed by atoms with Crippen LogP contribution in [0.3, 0.4) is 0 Å². The molecule has 0 saturated heterocycles. The van der Waals surface area contributed by atoms with Crippen LogP contribution in [0.5, 0.6) is 0 Å². The molecule has 0 radical (unpaired) electrons. The van der Waals surface area contributed by atoms with Crippen LogP contribution in [-0.2, 0) is 6.42 Å². The number of fused-ring (bicyclic) bond motifs is 1. The van der Waals surface area contributed by atoms with Crippen molar-refractivity contribution < 1.29 is 0 Å². The van der Waals surface area contributed by atoms with Crippen LogP contribution in [0.2, 0.25) is 0 Å². The summed E-state index contributed by atoms with van der Waals surface area (Å²) in [6.07, 6.45) is 2.09. The minimum atomic E-state index is 0.372. The Morgan fingerprint density at radius 3 is 2.95 bits per heavy atom. The molecule has 1 aliphatic heterocycles. The molecule has 3 heteroatoms. The maximum absolute atomic E-state index is 4.75. The van der Waals surface area contributed by atoms with Gasteiger partial charge in [-0.2, -0.15) is 5.10 Å². The summed E-state index contributed by atoms with van der Waals surface area (Å²) in [4.78, 5) is 0. The summed E-state index contributed by atoms with van der Waals surface area (Å²) in [5, 5.41) is 8.20. The topological polar surface area (TPSA) is 29.9 Å². The summed E-state index contributed by atoms with van der Waals surface area (Å²) in [6.45, 7) is 7.53. The monoisotopic (exact) mass is 255 g/mol. The van der Waals surface area contributed by atoms with E-state index in [-0.39, 0.29) is 0 Å².